The molecule has 1 aromatic carbocycles. The Labute approximate surface area is 122 Å². The number of anilines is 1. The lowest BCUT2D eigenvalue weighted by atomic mass is 10.2. The van der Waals surface area contributed by atoms with E-state index in [4.69, 9.17) is 38.4 Å². The van der Waals surface area contributed by atoms with Crippen LogP contribution in [0.15, 0.2) is 12.1 Å². The predicted molar refractivity (Wildman–Crippen MR) is 76.8 cm³/mol. The summed E-state index contributed by atoms with van der Waals surface area (Å²) in [6.45, 7) is 5.22. The first-order valence-electron chi connectivity index (χ1n) is 5.91. The van der Waals surface area contributed by atoms with Crippen molar-refractivity contribution in [2.75, 3.05) is 25.6 Å². The third-order valence-electron chi connectivity index (χ3n) is 2.23. The van der Waals surface area contributed by atoms with Crippen molar-refractivity contribution in [3.8, 4) is 0 Å². The minimum Gasteiger partial charge on any atom is -0.460 e. The molecule has 6 heteroatoms. The van der Waals surface area contributed by atoms with Crippen molar-refractivity contribution in [3.05, 3.63) is 27.7 Å². The van der Waals surface area contributed by atoms with Crippen LogP contribution in [0.5, 0.6) is 0 Å². The molecule has 1 aromatic rings. The molecule has 19 heavy (non-hydrogen) atoms. The molecule has 0 aliphatic rings. The van der Waals surface area contributed by atoms with E-state index >= 15 is 0 Å². The summed E-state index contributed by atoms with van der Waals surface area (Å²) in [4.78, 5) is 11.8. The molecule has 0 spiro atoms. The Kier molecular flexibility index (Phi) is 6.42. The third kappa shape index (κ3) is 5.27. The average Bonchev–Trinajstić information content (AvgIpc) is 2.32. The normalized spacial score (nSPS) is 10.8. The quantitative estimate of drug-likeness (QED) is 0.497. The molecule has 0 amide bonds. The third-order valence-corrected chi connectivity index (χ3v) is 2.76. The Morgan fingerprint density at radius 3 is 2.63 bits per heavy atom. The maximum absolute atomic E-state index is 11.8. The van der Waals surface area contributed by atoms with E-state index in [1.807, 2.05) is 13.8 Å². The fraction of sp³-hybridized carbons (Fsp3) is 0.462. The molecule has 0 aliphatic heterocycles. The standard InChI is InChI=1S/C13H17Cl2NO3/c1-8(2)7-18-3-4-19-13(17)10-5-9(14)6-11(15)12(10)16/h5-6,8H,3-4,7,16H2,1-2H3. The Morgan fingerprint density at radius 2 is 2.00 bits per heavy atom. The van der Waals surface area contributed by atoms with Crippen LogP contribution in [0.3, 0.4) is 0 Å². The monoisotopic (exact) mass is 305 g/mol. The van der Waals surface area contributed by atoms with Crippen molar-refractivity contribution in [1.29, 1.82) is 0 Å². The fourth-order valence-electron chi connectivity index (χ4n) is 1.34. The van der Waals surface area contributed by atoms with Crippen LogP contribution in [0.1, 0.15) is 24.2 Å². The van der Waals surface area contributed by atoms with E-state index in [1.54, 1.807) is 0 Å². The molecule has 0 heterocycles. The Hall–Kier alpha value is -0.970. The van der Waals surface area contributed by atoms with Crippen molar-refractivity contribution in [1.82, 2.24) is 0 Å². The molecule has 0 aliphatic carbocycles. The van der Waals surface area contributed by atoms with Crippen LogP contribution in [0, 0.1) is 5.92 Å². The van der Waals surface area contributed by atoms with Crippen LogP contribution < -0.4 is 5.73 Å². The second-order valence-corrected chi connectivity index (χ2v) is 5.30. The smallest absolute Gasteiger partial charge is 0.340 e. The molecule has 0 aromatic heterocycles. The summed E-state index contributed by atoms with van der Waals surface area (Å²) in [7, 11) is 0. The van der Waals surface area contributed by atoms with E-state index in [9.17, 15) is 4.79 Å². The van der Waals surface area contributed by atoms with Crippen LogP contribution in [0.4, 0.5) is 5.69 Å². The molecule has 0 saturated carbocycles. The number of nitrogen functional groups attached to an aromatic ring is 1. The Balaban J connectivity index is 2.50. The molecule has 0 unspecified atom stereocenters. The van der Waals surface area contributed by atoms with E-state index in [-0.39, 0.29) is 22.9 Å². The van der Waals surface area contributed by atoms with Crippen molar-refractivity contribution in [2.24, 2.45) is 5.92 Å². The second-order valence-electron chi connectivity index (χ2n) is 4.45. The van der Waals surface area contributed by atoms with Crippen molar-refractivity contribution in [2.45, 2.75) is 13.8 Å². The highest BCUT2D eigenvalue weighted by molar-refractivity contribution is 6.37. The van der Waals surface area contributed by atoms with Gasteiger partial charge in [0.05, 0.1) is 22.9 Å². The second kappa shape index (κ2) is 7.58. The van der Waals surface area contributed by atoms with Gasteiger partial charge >= 0.3 is 5.97 Å². The molecular formula is C13H17Cl2NO3. The lowest BCUT2D eigenvalue weighted by Crippen LogP contribution is -2.14. The van der Waals surface area contributed by atoms with Crippen LogP contribution in [-0.2, 0) is 9.47 Å². The summed E-state index contributed by atoms with van der Waals surface area (Å²) >= 11 is 11.7. The molecule has 0 bridgehead atoms. The first-order chi connectivity index (χ1) is 8.91. The fourth-order valence-corrected chi connectivity index (χ4v) is 1.84. The Morgan fingerprint density at radius 1 is 1.32 bits per heavy atom. The predicted octanol–water partition coefficient (Wildman–Crippen LogP) is 3.41. The molecule has 0 radical (unpaired) electrons. The number of benzene rings is 1. The minimum absolute atomic E-state index is 0.162. The number of carbonyl (C=O) groups is 1. The van der Waals surface area contributed by atoms with Gasteiger partial charge < -0.3 is 15.2 Å². The molecule has 106 valence electrons. The van der Waals surface area contributed by atoms with Crippen molar-refractivity contribution >= 4 is 34.9 Å². The van der Waals surface area contributed by atoms with E-state index < -0.39 is 5.97 Å². The number of halogens is 2. The van der Waals surface area contributed by atoms with Gasteiger partial charge in [-0.05, 0) is 18.1 Å². The summed E-state index contributed by atoms with van der Waals surface area (Å²) < 4.78 is 10.3. The van der Waals surface area contributed by atoms with Gasteiger partial charge in [0.25, 0.3) is 0 Å². The van der Waals surface area contributed by atoms with E-state index in [2.05, 4.69) is 0 Å². The van der Waals surface area contributed by atoms with E-state index in [0.29, 0.717) is 24.2 Å². The highest BCUT2D eigenvalue weighted by Crippen LogP contribution is 2.27. The summed E-state index contributed by atoms with van der Waals surface area (Å²) in [5.41, 5.74) is 6.03. The highest BCUT2D eigenvalue weighted by Gasteiger charge is 2.14. The number of hydrogen-bond donors (Lipinski definition) is 1. The van der Waals surface area contributed by atoms with Gasteiger partial charge in [-0.25, -0.2) is 4.79 Å². The first kappa shape index (κ1) is 16.1. The van der Waals surface area contributed by atoms with Gasteiger partial charge in [-0.1, -0.05) is 37.0 Å². The number of esters is 1. The Bertz CT molecular complexity index is 450. The van der Waals surface area contributed by atoms with Crippen LogP contribution in [0.2, 0.25) is 10.0 Å². The van der Waals surface area contributed by atoms with Crippen LogP contribution in [0.25, 0.3) is 0 Å². The average molecular weight is 306 g/mol. The van der Waals surface area contributed by atoms with E-state index in [0.717, 1.165) is 0 Å². The number of nitrogens with two attached hydrogens (primary N) is 1. The van der Waals surface area contributed by atoms with Gasteiger partial charge in [0.2, 0.25) is 0 Å². The zero-order valence-electron chi connectivity index (χ0n) is 10.9. The molecule has 0 saturated heterocycles. The zero-order valence-corrected chi connectivity index (χ0v) is 12.4. The van der Waals surface area contributed by atoms with Crippen molar-refractivity contribution in [3.63, 3.8) is 0 Å². The highest BCUT2D eigenvalue weighted by atomic mass is 35.5. The van der Waals surface area contributed by atoms with Gasteiger partial charge in [0, 0.05) is 11.6 Å². The lowest BCUT2D eigenvalue weighted by Gasteiger charge is -2.10. The van der Waals surface area contributed by atoms with Gasteiger partial charge in [0.15, 0.2) is 0 Å². The van der Waals surface area contributed by atoms with Gasteiger partial charge in [0.1, 0.15) is 6.61 Å². The zero-order chi connectivity index (χ0) is 14.4. The van der Waals surface area contributed by atoms with Gasteiger partial charge in [-0.3, -0.25) is 0 Å². The number of carbonyl (C=O) groups excluding carboxylic acids is 1. The van der Waals surface area contributed by atoms with E-state index in [1.165, 1.54) is 12.1 Å². The summed E-state index contributed by atoms with van der Waals surface area (Å²) in [5.74, 6) is -0.117. The maximum Gasteiger partial charge on any atom is 0.340 e. The molecule has 0 fully saturated rings. The number of rotatable bonds is 6. The van der Waals surface area contributed by atoms with Gasteiger partial charge in [-0.2, -0.15) is 0 Å². The lowest BCUT2D eigenvalue weighted by molar-refractivity contribution is 0.0278. The van der Waals surface area contributed by atoms with Crippen LogP contribution >= 0.6 is 23.2 Å². The van der Waals surface area contributed by atoms with Gasteiger partial charge in [-0.15, -0.1) is 0 Å². The first-order valence-corrected chi connectivity index (χ1v) is 6.66. The molecule has 2 N–H and O–H groups in total. The minimum atomic E-state index is -0.560. The topological polar surface area (TPSA) is 61.5 Å². The molecule has 1 rings (SSSR count). The van der Waals surface area contributed by atoms with Crippen LogP contribution in [-0.4, -0.2) is 25.8 Å². The summed E-state index contributed by atoms with van der Waals surface area (Å²) in [5, 5.41) is 0.567. The maximum atomic E-state index is 11.8. The SMILES string of the molecule is CC(C)COCCOC(=O)c1cc(Cl)cc(Cl)c1N. The summed E-state index contributed by atoms with van der Waals surface area (Å²) in [6, 6.07) is 2.90. The largest absolute Gasteiger partial charge is 0.460 e. The number of ether oxygens (including phenoxy) is 2. The number of hydrogen-bond acceptors (Lipinski definition) is 4. The summed E-state index contributed by atoms with van der Waals surface area (Å²) in [6.07, 6.45) is 0. The van der Waals surface area contributed by atoms with Crippen molar-refractivity contribution < 1.29 is 14.3 Å². The molecule has 4 nitrogen and oxygen atoms in total. The molecule has 0 atom stereocenters. The molecular weight excluding hydrogens is 289 g/mol.